The molecule has 1 rings (SSSR count). The maximum Gasteiger partial charge on any atom is 0.180 e. The maximum absolute atomic E-state index is 12.0. The summed E-state index contributed by atoms with van der Waals surface area (Å²) in [4.78, 5) is 0.428. The molecular formula is C15H24O2S. The summed E-state index contributed by atoms with van der Waals surface area (Å²) in [6.07, 6.45) is 2.09. The summed E-state index contributed by atoms with van der Waals surface area (Å²) in [5.41, 5.74) is 1.51. The topological polar surface area (TPSA) is 34.1 Å². The Bertz CT molecular complexity index is 476. The van der Waals surface area contributed by atoms with Gasteiger partial charge in [-0.25, -0.2) is 8.42 Å². The van der Waals surface area contributed by atoms with Crippen LogP contribution in [-0.4, -0.2) is 13.7 Å². The van der Waals surface area contributed by atoms with Crippen molar-refractivity contribution in [1.29, 1.82) is 0 Å². The molecule has 0 saturated heterocycles. The number of rotatable bonds is 4. The first kappa shape index (κ1) is 15.2. The zero-order chi connectivity index (χ0) is 14.0. The summed E-state index contributed by atoms with van der Waals surface area (Å²) >= 11 is 0. The minimum absolute atomic E-state index is 0.308. The molecule has 0 N–H and O–H groups in total. The molecule has 0 aliphatic heterocycles. The molecule has 0 unspecified atom stereocenters. The number of benzene rings is 1. The van der Waals surface area contributed by atoms with Crippen LogP contribution in [-0.2, 0) is 16.3 Å². The Morgan fingerprint density at radius 3 is 1.94 bits per heavy atom. The third-order valence-corrected chi connectivity index (χ3v) is 5.21. The second-order valence-corrected chi connectivity index (χ2v) is 8.80. The number of sulfone groups is 1. The highest BCUT2D eigenvalue weighted by atomic mass is 32.2. The van der Waals surface area contributed by atoms with Gasteiger partial charge in [-0.05, 0) is 49.8 Å². The zero-order valence-electron chi connectivity index (χ0n) is 12.0. The van der Waals surface area contributed by atoms with Crippen molar-refractivity contribution < 1.29 is 8.42 Å². The van der Waals surface area contributed by atoms with E-state index in [9.17, 15) is 8.42 Å². The largest absolute Gasteiger partial charge is 0.223 e. The molecule has 0 aliphatic rings. The van der Waals surface area contributed by atoms with Crippen LogP contribution in [0.5, 0.6) is 0 Å². The van der Waals surface area contributed by atoms with E-state index in [-0.39, 0.29) is 5.25 Å². The summed E-state index contributed by atoms with van der Waals surface area (Å²) in [5.74, 6) is 0. The first-order valence-electron chi connectivity index (χ1n) is 6.46. The Labute approximate surface area is 111 Å². The van der Waals surface area contributed by atoms with Gasteiger partial charge < -0.3 is 0 Å². The standard InChI is InChI=1S/C15H24O2S/c1-12(2)18(16,17)14-8-6-13(7-9-14)10-11-15(3,4)5/h6-9,12H,10-11H2,1-5H3. The monoisotopic (exact) mass is 268 g/mol. The van der Waals surface area contributed by atoms with Crippen molar-refractivity contribution in [1.82, 2.24) is 0 Å². The second kappa shape index (κ2) is 5.43. The highest BCUT2D eigenvalue weighted by Gasteiger charge is 2.18. The molecule has 102 valence electrons. The van der Waals surface area contributed by atoms with Crippen LogP contribution < -0.4 is 0 Å². The number of hydrogen-bond acceptors (Lipinski definition) is 2. The van der Waals surface area contributed by atoms with Crippen LogP contribution in [0.1, 0.15) is 46.6 Å². The fraction of sp³-hybridized carbons (Fsp3) is 0.600. The van der Waals surface area contributed by atoms with Crippen molar-refractivity contribution in [2.24, 2.45) is 5.41 Å². The second-order valence-electron chi connectivity index (χ2n) is 6.30. The van der Waals surface area contributed by atoms with Gasteiger partial charge in [-0.3, -0.25) is 0 Å². The van der Waals surface area contributed by atoms with Gasteiger partial charge in [0.25, 0.3) is 0 Å². The molecule has 0 aromatic heterocycles. The number of hydrogen-bond donors (Lipinski definition) is 0. The van der Waals surface area contributed by atoms with Gasteiger partial charge in [0.2, 0.25) is 0 Å². The van der Waals surface area contributed by atoms with Crippen LogP contribution >= 0.6 is 0 Å². The number of aryl methyl sites for hydroxylation is 1. The molecule has 1 aromatic rings. The van der Waals surface area contributed by atoms with Crippen LogP contribution in [0.3, 0.4) is 0 Å². The lowest BCUT2D eigenvalue weighted by Gasteiger charge is -2.17. The molecule has 1 aromatic carbocycles. The smallest absolute Gasteiger partial charge is 0.180 e. The molecule has 0 heterocycles. The summed E-state index contributed by atoms with van der Waals surface area (Å²) in [6, 6.07) is 7.32. The molecule has 0 saturated carbocycles. The third-order valence-electron chi connectivity index (χ3n) is 3.04. The molecule has 0 spiro atoms. The summed E-state index contributed by atoms with van der Waals surface area (Å²) in [5, 5.41) is -0.363. The van der Waals surface area contributed by atoms with E-state index in [0.717, 1.165) is 12.8 Å². The molecule has 0 fully saturated rings. The van der Waals surface area contributed by atoms with E-state index in [1.165, 1.54) is 5.56 Å². The van der Waals surface area contributed by atoms with Crippen molar-refractivity contribution in [3.05, 3.63) is 29.8 Å². The lowest BCUT2D eigenvalue weighted by atomic mass is 9.89. The van der Waals surface area contributed by atoms with Crippen molar-refractivity contribution in [3.63, 3.8) is 0 Å². The minimum atomic E-state index is -3.14. The van der Waals surface area contributed by atoms with Crippen LogP contribution in [0, 0.1) is 5.41 Å². The van der Waals surface area contributed by atoms with Crippen molar-refractivity contribution >= 4 is 9.84 Å². The zero-order valence-corrected chi connectivity index (χ0v) is 12.8. The van der Waals surface area contributed by atoms with E-state index in [1.807, 2.05) is 12.1 Å². The van der Waals surface area contributed by atoms with Gasteiger partial charge in [0.05, 0.1) is 10.1 Å². The van der Waals surface area contributed by atoms with Crippen molar-refractivity contribution in [2.45, 2.75) is 57.6 Å². The lowest BCUT2D eigenvalue weighted by molar-refractivity contribution is 0.378. The quantitative estimate of drug-likeness (QED) is 0.831. The van der Waals surface area contributed by atoms with E-state index in [4.69, 9.17) is 0 Å². The van der Waals surface area contributed by atoms with Gasteiger partial charge in [0, 0.05) is 0 Å². The predicted molar refractivity (Wildman–Crippen MR) is 76.5 cm³/mol. The molecule has 0 bridgehead atoms. The van der Waals surface area contributed by atoms with E-state index in [0.29, 0.717) is 10.3 Å². The van der Waals surface area contributed by atoms with E-state index < -0.39 is 9.84 Å². The van der Waals surface area contributed by atoms with Gasteiger partial charge >= 0.3 is 0 Å². The summed E-state index contributed by atoms with van der Waals surface area (Å²) in [6.45, 7) is 10.1. The highest BCUT2D eigenvalue weighted by molar-refractivity contribution is 7.92. The van der Waals surface area contributed by atoms with E-state index in [1.54, 1.807) is 26.0 Å². The summed E-state index contributed by atoms with van der Waals surface area (Å²) in [7, 11) is -3.14. The normalized spacial score (nSPS) is 13.0. The van der Waals surface area contributed by atoms with Crippen molar-refractivity contribution in [2.75, 3.05) is 0 Å². The van der Waals surface area contributed by atoms with E-state index in [2.05, 4.69) is 20.8 Å². The SMILES string of the molecule is CC(C)S(=O)(=O)c1ccc(CCC(C)(C)C)cc1. The molecule has 18 heavy (non-hydrogen) atoms. The average molecular weight is 268 g/mol. The molecule has 0 aliphatic carbocycles. The van der Waals surface area contributed by atoms with Crippen molar-refractivity contribution in [3.8, 4) is 0 Å². The molecule has 0 radical (unpaired) electrons. The Kier molecular flexibility index (Phi) is 4.60. The predicted octanol–water partition coefficient (Wildman–Crippen LogP) is 3.85. The van der Waals surface area contributed by atoms with E-state index >= 15 is 0 Å². The molecule has 0 atom stereocenters. The van der Waals surface area contributed by atoms with Crippen LogP contribution in [0.4, 0.5) is 0 Å². The Morgan fingerprint density at radius 2 is 1.56 bits per heavy atom. The average Bonchev–Trinajstić information content (AvgIpc) is 2.26. The Morgan fingerprint density at radius 1 is 1.06 bits per heavy atom. The van der Waals surface area contributed by atoms with Gasteiger partial charge in [0.1, 0.15) is 0 Å². The Hall–Kier alpha value is -0.830. The minimum Gasteiger partial charge on any atom is -0.223 e. The van der Waals surface area contributed by atoms with Gasteiger partial charge in [-0.15, -0.1) is 0 Å². The fourth-order valence-electron chi connectivity index (χ4n) is 1.64. The van der Waals surface area contributed by atoms with Crippen LogP contribution in [0.15, 0.2) is 29.2 Å². The summed E-state index contributed by atoms with van der Waals surface area (Å²) < 4.78 is 23.9. The molecule has 2 nitrogen and oxygen atoms in total. The van der Waals surface area contributed by atoms with Gasteiger partial charge in [-0.1, -0.05) is 32.9 Å². The maximum atomic E-state index is 12.0. The highest BCUT2D eigenvalue weighted by Crippen LogP contribution is 2.22. The molecule has 0 amide bonds. The molecular weight excluding hydrogens is 244 g/mol. The van der Waals surface area contributed by atoms with Crippen LogP contribution in [0.25, 0.3) is 0 Å². The fourth-order valence-corrected chi connectivity index (χ4v) is 2.70. The first-order chi connectivity index (χ1) is 8.13. The van der Waals surface area contributed by atoms with Crippen LogP contribution in [0.2, 0.25) is 0 Å². The first-order valence-corrected chi connectivity index (χ1v) is 8.00. The Balaban J connectivity index is 2.81. The van der Waals surface area contributed by atoms with Gasteiger partial charge in [-0.2, -0.15) is 0 Å². The molecule has 3 heteroatoms. The third kappa shape index (κ3) is 4.13. The van der Waals surface area contributed by atoms with Gasteiger partial charge in [0.15, 0.2) is 9.84 Å². The lowest BCUT2D eigenvalue weighted by Crippen LogP contribution is -2.14.